The number of amides is 1. The first-order valence-corrected chi connectivity index (χ1v) is 15.1. The SMILES string of the molecule is CCC(=O)O[C@H]1CC[C@@]2(C)C(=CC[C@@H]3[C@H]4C[C@@H]5OC(CC[C@H](C)CNC(C)=O)=C(C)[C@H]5[C@@]4(C)CC[C@H]32)C1. The third-order valence-corrected chi connectivity index (χ3v) is 11.4. The minimum Gasteiger partial charge on any atom is -0.494 e. The molecule has 0 aromatic heterocycles. The average molecular weight is 512 g/mol. The van der Waals surface area contributed by atoms with Gasteiger partial charge in [0.15, 0.2) is 0 Å². The fourth-order valence-electron chi connectivity index (χ4n) is 9.38. The standard InChI is InChI=1S/C32H49NO4/c1-7-29(35)36-23-12-14-31(5)22(16-23)9-10-24-25(31)13-15-32(6)26(24)17-28-30(32)20(3)27(37-28)11-8-19(2)18-33-21(4)34/h9,19,23-26,28,30H,7-8,10-18H2,1-6H3,(H,33,34)/t19-,23-,24-,25+,26+,28-,30+,31-,32-/m0/s1. The molecule has 1 heterocycles. The lowest BCUT2D eigenvalue weighted by molar-refractivity contribution is -0.151. The first-order valence-electron chi connectivity index (χ1n) is 15.1. The minimum absolute atomic E-state index is 0.0509. The highest BCUT2D eigenvalue weighted by Crippen LogP contribution is 2.69. The second kappa shape index (κ2) is 10.1. The fourth-order valence-corrected chi connectivity index (χ4v) is 9.38. The Morgan fingerprint density at radius 1 is 1.22 bits per heavy atom. The van der Waals surface area contributed by atoms with Gasteiger partial charge < -0.3 is 14.8 Å². The van der Waals surface area contributed by atoms with Crippen LogP contribution in [0, 0.1) is 40.4 Å². The van der Waals surface area contributed by atoms with Gasteiger partial charge in [0.25, 0.3) is 0 Å². The number of hydrogen-bond acceptors (Lipinski definition) is 4. The summed E-state index contributed by atoms with van der Waals surface area (Å²) in [5, 5.41) is 2.96. The normalized spacial score (nSPS) is 41.0. The lowest BCUT2D eigenvalue weighted by atomic mass is 9.47. The Bertz CT molecular complexity index is 983. The maximum Gasteiger partial charge on any atom is 0.305 e. The monoisotopic (exact) mass is 511 g/mol. The Kier molecular flexibility index (Phi) is 7.30. The maximum absolute atomic E-state index is 11.9. The summed E-state index contributed by atoms with van der Waals surface area (Å²) < 4.78 is 12.5. The Balaban J connectivity index is 1.28. The summed E-state index contributed by atoms with van der Waals surface area (Å²) in [5.41, 5.74) is 3.67. The van der Waals surface area contributed by atoms with E-state index >= 15 is 0 Å². The second-order valence-corrected chi connectivity index (χ2v) is 13.6. The molecule has 5 heteroatoms. The molecule has 0 saturated heterocycles. The Morgan fingerprint density at radius 2 is 2.00 bits per heavy atom. The highest BCUT2D eigenvalue weighted by Gasteiger charge is 2.63. The van der Waals surface area contributed by atoms with E-state index in [0.29, 0.717) is 29.8 Å². The van der Waals surface area contributed by atoms with Gasteiger partial charge in [0.1, 0.15) is 12.2 Å². The summed E-state index contributed by atoms with van der Waals surface area (Å²) in [4.78, 5) is 23.2. The van der Waals surface area contributed by atoms with Crippen molar-refractivity contribution in [2.24, 2.45) is 40.4 Å². The smallest absolute Gasteiger partial charge is 0.305 e. The van der Waals surface area contributed by atoms with Gasteiger partial charge in [-0.2, -0.15) is 0 Å². The molecule has 37 heavy (non-hydrogen) atoms. The number of carbonyl (C=O) groups excluding carboxylic acids is 2. The van der Waals surface area contributed by atoms with E-state index in [1.54, 1.807) is 12.5 Å². The van der Waals surface area contributed by atoms with E-state index in [1.807, 2.05) is 6.92 Å². The van der Waals surface area contributed by atoms with Gasteiger partial charge in [0.05, 0.1) is 5.76 Å². The second-order valence-electron chi connectivity index (χ2n) is 13.6. The maximum atomic E-state index is 11.9. The van der Waals surface area contributed by atoms with Crippen LogP contribution in [0.4, 0.5) is 0 Å². The summed E-state index contributed by atoms with van der Waals surface area (Å²) in [7, 11) is 0. The first kappa shape index (κ1) is 26.8. The lowest BCUT2D eigenvalue weighted by Crippen LogP contribution is -2.50. The van der Waals surface area contributed by atoms with Crippen molar-refractivity contribution in [3.05, 3.63) is 23.0 Å². The van der Waals surface area contributed by atoms with E-state index in [1.165, 1.54) is 37.0 Å². The van der Waals surface area contributed by atoms with Crippen LogP contribution in [0.3, 0.4) is 0 Å². The predicted molar refractivity (Wildman–Crippen MR) is 145 cm³/mol. The highest BCUT2D eigenvalue weighted by molar-refractivity contribution is 5.72. The molecule has 4 aliphatic carbocycles. The molecule has 5 aliphatic rings. The van der Waals surface area contributed by atoms with Crippen molar-refractivity contribution in [2.45, 2.75) is 118 Å². The topological polar surface area (TPSA) is 64.6 Å². The van der Waals surface area contributed by atoms with E-state index in [2.05, 4.69) is 39.1 Å². The Hall–Kier alpha value is -1.78. The van der Waals surface area contributed by atoms with E-state index in [0.717, 1.165) is 56.4 Å². The molecule has 3 saturated carbocycles. The molecule has 206 valence electrons. The summed E-state index contributed by atoms with van der Waals surface area (Å²) >= 11 is 0. The molecular weight excluding hydrogens is 462 g/mol. The lowest BCUT2D eigenvalue weighted by Gasteiger charge is -2.58. The van der Waals surface area contributed by atoms with Crippen LogP contribution in [-0.2, 0) is 19.1 Å². The minimum atomic E-state index is -0.0567. The van der Waals surface area contributed by atoms with E-state index in [-0.39, 0.29) is 23.4 Å². The van der Waals surface area contributed by atoms with Gasteiger partial charge in [-0.1, -0.05) is 39.3 Å². The van der Waals surface area contributed by atoms with Gasteiger partial charge in [-0.05, 0) is 91.9 Å². The molecule has 0 unspecified atom stereocenters. The molecular formula is C32H49NO4. The van der Waals surface area contributed by atoms with Crippen LogP contribution in [0.5, 0.6) is 0 Å². The number of carbonyl (C=O) groups is 2. The van der Waals surface area contributed by atoms with Crippen LogP contribution in [0.25, 0.3) is 0 Å². The average Bonchev–Trinajstić information content (AvgIpc) is 3.34. The molecule has 1 amide bonds. The van der Waals surface area contributed by atoms with E-state index < -0.39 is 0 Å². The molecule has 9 atom stereocenters. The van der Waals surface area contributed by atoms with Crippen LogP contribution in [-0.4, -0.2) is 30.6 Å². The quantitative estimate of drug-likeness (QED) is 0.304. The molecule has 0 spiro atoms. The molecule has 0 aromatic carbocycles. The summed E-state index contributed by atoms with van der Waals surface area (Å²) in [5.74, 6) is 4.45. The predicted octanol–water partition coefficient (Wildman–Crippen LogP) is 6.72. The molecule has 0 bridgehead atoms. The van der Waals surface area contributed by atoms with Crippen LogP contribution >= 0.6 is 0 Å². The zero-order valence-electron chi connectivity index (χ0n) is 24.0. The third kappa shape index (κ3) is 4.67. The van der Waals surface area contributed by atoms with Crippen molar-refractivity contribution >= 4 is 11.9 Å². The Morgan fingerprint density at radius 3 is 2.73 bits per heavy atom. The van der Waals surface area contributed by atoms with Gasteiger partial charge in [0.2, 0.25) is 5.91 Å². The first-order chi connectivity index (χ1) is 17.6. The van der Waals surface area contributed by atoms with Crippen LogP contribution in [0.15, 0.2) is 23.0 Å². The number of fused-ring (bicyclic) bond motifs is 7. The van der Waals surface area contributed by atoms with Gasteiger partial charge in [-0.15, -0.1) is 0 Å². The number of esters is 1. The van der Waals surface area contributed by atoms with Gasteiger partial charge in [-0.3, -0.25) is 9.59 Å². The van der Waals surface area contributed by atoms with Crippen LogP contribution < -0.4 is 5.32 Å². The molecule has 5 nitrogen and oxygen atoms in total. The summed E-state index contributed by atoms with van der Waals surface area (Å²) in [6, 6.07) is 0. The number of nitrogens with one attached hydrogen (secondary N) is 1. The highest BCUT2D eigenvalue weighted by atomic mass is 16.5. The molecule has 1 N–H and O–H groups in total. The van der Waals surface area contributed by atoms with Crippen molar-refractivity contribution in [3.8, 4) is 0 Å². The van der Waals surface area contributed by atoms with Crippen LogP contribution in [0.1, 0.15) is 106 Å². The number of ether oxygens (including phenoxy) is 2. The third-order valence-electron chi connectivity index (χ3n) is 11.4. The van der Waals surface area contributed by atoms with Crippen LogP contribution in [0.2, 0.25) is 0 Å². The molecule has 1 aliphatic heterocycles. The van der Waals surface area contributed by atoms with E-state index in [4.69, 9.17) is 9.47 Å². The molecule has 3 fully saturated rings. The number of allylic oxidation sites excluding steroid dienone is 2. The van der Waals surface area contributed by atoms with Crippen molar-refractivity contribution in [1.29, 1.82) is 0 Å². The van der Waals surface area contributed by atoms with Crippen molar-refractivity contribution in [3.63, 3.8) is 0 Å². The van der Waals surface area contributed by atoms with Crippen molar-refractivity contribution < 1.29 is 19.1 Å². The molecule has 0 radical (unpaired) electrons. The van der Waals surface area contributed by atoms with E-state index in [9.17, 15) is 9.59 Å². The van der Waals surface area contributed by atoms with Gasteiger partial charge in [-0.25, -0.2) is 0 Å². The molecule has 5 rings (SSSR count). The summed E-state index contributed by atoms with van der Waals surface area (Å²) in [6.45, 7) is 13.9. The van der Waals surface area contributed by atoms with Gasteiger partial charge in [0, 0.05) is 38.6 Å². The number of hydrogen-bond donors (Lipinski definition) is 1. The number of rotatable bonds is 7. The zero-order chi connectivity index (χ0) is 26.5. The molecule has 0 aromatic rings. The van der Waals surface area contributed by atoms with Gasteiger partial charge >= 0.3 is 5.97 Å². The largest absolute Gasteiger partial charge is 0.494 e. The Labute approximate surface area is 224 Å². The summed E-state index contributed by atoms with van der Waals surface area (Å²) in [6.07, 6.45) is 13.5. The fraction of sp³-hybridized carbons (Fsp3) is 0.812. The van der Waals surface area contributed by atoms with Crippen molar-refractivity contribution in [1.82, 2.24) is 5.32 Å². The van der Waals surface area contributed by atoms with Crippen molar-refractivity contribution in [2.75, 3.05) is 6.54 Å². The zero-order valence-corrected chi connectivity index (χ0v) is 24.0.